The number of allylic oxidation sites excluding steroid dienone is 1. The Morgan fingerprint density at radius 2 is 2.07 bits per heavy atom. The molecule has 0 saturated carbocycles. The molecule has 0 fully saturated rings. The van der Waals surface area contributed by atoms with E-state index >= 15 is 0 Å². The van der Waals surface area contributed by atoms with Crippen molar-refractivity contribution in [2.24, 2.45) is 0 Å². The lowest BCUT2D eigenvalue weighted by molar-refractivity contribution is 0.149. The van der Waals surface area contributed by atoms with Crippen LogP contribution in [0.5, 0.6) is 11.5 Å². The molecule has 1 aromatic carbocycles. The third-order valence-electron chi connectivity index (χ3n) is 4.18. The van der Waals surface area contributed by atoms with Gasteiger partial charge in [-0.25, -0.2) is 4.98 Å². The highest BCUT2D eigenvalue weighted by Crippen LogP contribution is 2.43. The summed E-state index contributed by atoms with van der Waals surface area (Å²) < 4.78 is 12.0. The van der Waals surface area contributed by atoms with Gasteiger partial charge in [0.1, 0.15) is 18.0 Å². The zero-order valence-corrected chi connectivity index (χ0v) is 16.2. The van der Waals surface area contributed by atoms with Crippen LogP contribution in [0.25, 0.3) is 5.57 Å². The maximum atomic E-state index is 9.12. The zero-order valence-electron chi connectivity index (χ0n) is 16.2. The van der Waals surface area contributed by atoms with Crippen LogP contribution in [0.3, 0.4) is 0 Å². The number of nitrogen functional groups attached to an aromatic ring is 2. The van der Waals surface area contributed by atoms with Crippen LogP contribution in [0, 0.1) is 11.8 Å². The third kappa shape index (κ3) is 4.18. The minimum absolute atomic E-state index is 0.141. The number of fused-ring (bicyclic) bond motifs is 1. The average molecular weight is 380 g/mol. The Kier molecular flexibility index (Phi) is 5.43. The SMILES string of the molecule is CCOc1cc(Cc2cnc(N)nc2N)cc2c1OC(C)(C)C=C2C#CCO. The van der Waals surface area contributed by atoms with E-state index in [1.54, 1.807) is 6.20 Å². The molecule has 2 heterocycles. The van der Waals surface area contributed by atoms with Gasteiger partial charge in [-0.05, 0) is 44.5 Å². The second-order valence-corrected chi connectivity index (χ2v) is 6.94. The van der Waals surface area contributed by atoms with Crippen molar-refractivity contribution in [3.05, 3.63) is 41.1 Å². The van der Waals surface area contributed by atoms with Crippen molar-refractivity contribution in [2.75, 3.05) is 24.7 Å². The minimum atomic E-state index is -0.547. The van der Waals surface area contributed by atoms with Gasteiger partial charge in [-0.1, -0.05) is 11.8 Å². The topological polar surface area (TPSA) is 117 Å². The van der Waals surface area contributed by atoms with E-state index in [0.717, 1.165) is 22.3 Å². The molecular formula is C21H24N4O3. The predicted octanol–water partition coefficient (Wildman–Crippen LogP) is 2.18. The molecule has 28 heavy (non-hydrogen) atoms. The van der Waals surface area contributed by atoms with Gasteiger partial charge in [0.2, 0.25) is 5.95 Å². The molecule has 2 aromatic rings. The van der Waals surface area contributed by atoms with Crippen LogP contribution in [0.4, 0.5) is 11.8 Å². The van der Waals surface area contributed by atoms with Crippen LogP contribution in [0.15, 0.2) is 24.4 Å². The Hall–Kier alpha value is -3.24. The molecule has 5 N–H and O–H groups in total. The van der Waals surface area contributed by atoms with Crippen molar-refractivity contribution >= 4 is 17.3 Å². The Labute approximate surface area is 164 Å². The van der Waals surface area contributed by atoms with Crippen molar-refractivity contribution in [1.29, 1.82) is 0 Å². The van der Waals surface area contributed by atoms with Gasteiger partial charge in [-0.3, -0.25) is 0 Å². The van der Waals surface area contributed by atoms with Crippen LogP contribution >= 0.6 is 0 Å². The Bertz CT molecular complexity index is 987. The van der Waals surface area contributed by atoms with Gasteiger partial charge < -0.3 is 26.0 Å². The molecule has 0 unspecified atom stereocenters. The second-order valence-electron chi connectivity index (χ2n) is 6.94. The largest absolute Gasteiger partial charge is 0.490 e. The smallest absolute Gasteiger partial charge is 0.221 e. The van der Waals surface area contributed by atoms with Gasteiger partial charge >= 0.3 is 0 Å². The van der Waals surface area contributed by atoms with Gasteiger partial charge in [0.15, 0.2) is 11.5 Å². The molecule has 1 aromatic heterocycles. The first-order valence-corrected chi connectivity index (χ1v) is 9.01. The molecule has 0 amide bonds. The van der Waals surface area contributed by atoms with Crippen LogP contribution in [-0.4, -0.2) is 33.9 Å². The zero-order chi connectivity index (χ0) is 20.3. The maximum absolute atomic E-state index is 9.12. The summed E-state index contributed by atoms with van der Waals surface area (Å²) in [7, 11) is 0. The molecule has 3 rings (SSSR count). The summed E-state index contributed by atoms with van der Waals surface area (Å²) in [5.41, 5.74) is 14.3. The van der Waals surface area contributed by atoms with Crippen molar-refractivity contribution in [3.8, 4) is 23.3 Å². The summed E-state index contributed by atoms with van der Waals surface area (Å²) >= 11 is 0. The number of hydrogen-bond donors (Lipinski definition) is 3. The Morgan fingerprint density at radius 1 is 1.29 bits per heavy atom. The summed E-state index contributed by atoms with van der Waals surface area (Å²) in [4.78, 5) is 8.04. The molecule has 7 nitrogen and oxygen atoms in total. The number of aromatic nitrogens is 2. The summed E-state index contributed by atoms with van der Waals surface area (Å²) in [6, 6.07) is 3.91. The van der Waals surface area contributed by atoms with E-state index in [1.165, 1.54) is 0 Å². The number of aliphatic hydroxyl groups excluding tert-OH is 1. The van der Waals surface area contributed by atoms with Crippen molar-refractivity contribution in [1.82, 2.24) is 9.97 Å². The Balaban J connectivity index is 2.11. The number of rotatable bonds is 4. The number of ether oxygens (including phenoxy) is 2. The molecule has 146 valence electrons. The van der Waals surface area contributed by atoms with E-state index in [1.807, 2.05) is 39.0 Å². The minimum Gasteiger partial charge on any atom is -0.490 e. The summed E-state index contributed by atoms with van der Waals surface area (Å²) in [5.74, 6) is 7.50. The predicted molar refractivity (Wildman–Crippen MR) is 109 cm³/mol. The van der Waals surface area contributed by atoms with Crippen LogP contribution in [0.1, 0.15) is 37.5 Å². The lowest BCUT2D eigenvalue weighted by atomic mass is 9.92. The molecule has 1 aliphatic rings. The van der Waals surface area contributed by atoms with E-state index in [-0.39, 0.29) is 12.6 Å². The molecule has 0 aliphatic carbocycles. The van der Waals surface area contributed by atoms with E-state index in [9.17, 15) is 0 Å². The first-order valence-electron chi connectivity index (χ1n) is 9.01. The van der Waals surface area contributed by atoms with Gasteiger partial charge in [-0.2, -0.15) is 4.98 Å². The molecular weight excluding hydrogens is 356 g/mol. The molecule has 0 atom stereocenters. The van der Waals surface area contributed by atoms with Crippen molar-refractivity contribution in [2.45, 2.75) is 32.8 Å². The molecule has 7 heteroatoms. The quantitative estimate of drug-likeness (QED) is 0.696. The Morgan fingerprint density at radius 3 is 2.75 bits per heavy atom. The fraction of sp³-hybridized carbons (Fsp3) is 0.333. The lowest BCUT2D eigenvalue weighted by Gasteiger charge is -2.31. The van der Waals surface area contributed by atoms with Gasteiger partial charge in [0.25, 0.3) is 0 Å². The number of hydrogen-bond acceptors (Lipinski definition) is 7. The van der Waals surface area contributed by atoms with E-state index in [0.29, 0.717) is 30.3 Å². The van der Waals surface area contributed by atoms with E-state index in [4.69, 9.17) is 26.0 Å². The molecule has 0 radical (unpaired) electrons. The van der Waals surface area contributed by atoms with Crippen LogP contribution in [0.2, 0.25) is 0 Å². The first kappa shape index (κ1) is 19.5. The van der Waals surface area contributed by atoms with E-state index < -0.39 is 5.60 Å². The van der Waals surface area contributed by atoms with Gasteiger partial charge in [-0.15, -0.1) is 0 Å². The average Bonchev–Trinajstić information content (AvgIpc) is 2.62. The second kappa shape index (κ2) is 7.79. The number of anilines is 2. The highest BCUT2D eigenvalue weighted by Gasteiger charge is 2.29. The molecule has 0 spiro atoms. The monoisotopic (exact) mass is 380 g/mol. The maximum Gasteiger partial charge on any atom is 0.221 e. The molecule has 1 aliphatic heterocycles. The summed E-state index contributed by atoms with van der Waals surface area (Å²) in [5, 5.41) is 9.12. The highest BCUT2D eigenvalue weighted by atomic mass is 16.5. The first-order chi connectivity index (χ1) is 13.3. The lowest BCUT2D eigenvalue weighted by Crippen LogP contribution is -2.29. The fourth-order valence-electron chi connectivity index (χ4n) is 3.08. The number of nitrogens with zero attached hydrogens (tertiary/aromatic N) is 2. The summed E-state index contributed by atoms with van der Waals surface area (Å²) in [6.45, 7) is 6.10. The number of nitrogens with two attached hydrogens (primary N) is 2. The van der Waals surface area contributed by atoms with Crippen LogP contribution < -0.4 is 20.9 Å². The van der Waals surface area contributed by atoms with Gasteiger partial charge in [0, 0.05) is 29.3 Å². The van der Waals surface area contributed by atoms with E-state index in [2.05, 4.69) is 21.8 Å². The van der Waals surface area contributed by atoms with Crippen LogP contribution in [-0.2, 0) is 6.42 Å². The fourth-order valence-corrected chi connectivity index (χ4v) is 3.08. The van der Waals surface area contributed by atoms with Crippen molar-refractivity contribution < 1.29 is 14.6 Å². The highest BCUT2D eigenvalue weighted by molar-refractivity contribution is 5.86. The summed E-state index contributed by atoms with van der Waals surface area (Å²) in [6.07, 6.45) is 4.07. The standard InChI is InChI=1S/C21H24N4O3/c1-4-27-17-10-13(8-15-12-24-20(23)25-19(15)22)9-16-14(6-5-7-26)11-21(2,3)28-18(16)17/h9-12,26H,4,7-8H2,1-3H3,(H4,22,23,24,25). The molecule has 0 bridgehead atoms. The molecule has 0 saturated heterocycles. The number of benzene rings is 1. The van der Waals surface area contributed by atoms with Crippen molar-refractivity contribution in [3.63, 3.8) is 0 Å². The normalized spacial score (nSPS) is 14.2. The third-order valence-corrected chi connectivity index (χ3v) is 4.18. The number of aliphatic hydroxyl groups is 1. The van der Waals surface area contributed by atoms with Gasteiger partial charge in [0.05, 0.1) is 6.61 Å².